The average Bonchev–Trinajstić information content (AvgIpc) is 2.41. The first kappa shape index (κ1) is 16.6. The zero-order valence-corrected chi connectivity index (χ0v) is 14.4. The first-order valence-corrected chi connectivity index (χ1v) is 8.56. The molecule has 1 aromatic rings. The Bertz CT molecular complexity index is 438. The number of likely N-dealkylation sites (tertiary alicyclic amines) is 1. The van der Waals surface area contributed by atoms with E-state index < -0.39 is 0 Å². The Labute approximate surface area is 134 Å². The second-order valence-corrected chi connectivity index (χ2v) is 6.91. The normalized spacial score (nSPS) is 19.7. The van der Waals surface area contributed by atoms with Gasteiger partial charge in [0.25, 0.3) is 0 Å². The summed E-state index contributed by atoms with van der Waals surface area (Å²) in [6.07, 6.45) is 5.10. The molecule has 1 unspecified atom stereocenters. The molecule has 0 spiro atoms. The second kappa shape index (κ2) is 8.05. The summed E-state index contributed by atoms with van der Waals surface area (Å²) in [5.74, 6) is 1.88. The molecule has 0 aromatic heterocycles. The highest BCUT2D eigenvalue weighted by Crippen LogP contribution is 2.27. The van der Waals surface area contributed by atoms with Crippen LogP contribution in [0.3, 0.4) is 0 Å². The van der Waals surface area contributed by atoms with E-state index in [0.29, 0.717) is 0 Å². The lowest BCUT2D eigenvalue weighted by Crippen LogP contribution is -2.35. The number of hydrogen-bond donors (Lipinski definition) is 0. The molecule has 1 atom stereocenters. The van der Waals surface area contributed by atoms with Crippen molar-refractivity contribution in [3.8, 4) is 5.75 Å². The van der Waals surface area contributed by atoms with Gasteiger partial charge in [-0.3, -0.25) is 0 Å². The summed E-state index contributed by atoms with van der Waals surface area (Å²) in [5, 5.41) is 0.788. The Hall–Kier alpha value is -0.730. The lowest BCUT2D eigenvalue weighted by Gasteiger charge is -2.30. The van der Waals surface area contributed by atoms with Crippen LogP contribution < -0.4 is 4.74 Å². The molecule has 0 saturated carbocycles. The molecule has 21 heavy (non-hydrogen) atoms. The molecule has 1 fully saturated rings. The number of hydrogen-bond acceptors (Lipinski definition) is 2. The van der Waals surface area contributed by atoms with Gasteiger partial charge in [0, 0.05) is 11.6 Å². The highest BCUT2D eigenvalue weighted by molar-refractivity contribution is 6.30. The van der Waals surface area contributed by atoms with Crippen LogP contribution in [-0.2, 0) is 0 Å². The van der Waals surface area contributed by atoms with Crippen LogP contribution in [0.1, 0.15) is 43.7 Å². The van der Waals surface area contributed by atoms with Crippen LogP contribution in [0, 0.1) is 19.8 Å². The molecule has 118 valence electrons. The number of nitrogens with zero attached hydrogens (tertiary/aromatic N) is 1. The van der Waals surface area contributed by atoms with E-state index in [1.54, 1.807) is 0 Å². The SMILES string of the molecule is Cc1cc(Cl)cc(C)c1OCCCCN1CCCC(C)C1. The summed E-state index contributed by atoms with van der Waals surface area (Å²) in [6, 6.07) is 3.94. The Balaban J connectivity index is 1.68. The van der Waals surface area contributed by atoms with Crippen molar-refractivity contribution in [3.63, 3.8) is 0 Å². The number of unbranched alkanes of at least 4 members (excludes halogenated alkanes) is 1. The van der Waals surface area contributed by atoms with Crippen LogP contribution in [-0.4, -0.2) is 31.1 Å². The van der Waals surface area contributed by atoms with Gasteiger partial charge in [-0.15, -0.1) is 0 Å². The van der Waals surface area contributed by atoms with Crippen molar-refractivity contribution < 1.29 is 4.74 Å². The van der Waals surface area contributed by atoms with Crippen LogP contribution in [0.15, 0.2) is 12.1 Å². The van der Waals surface area contributed by atoms with Gasteiger partial charge in [-0.05, 0) is 81.8 Å². The third kappa shape index (κ3) is 5.19. The maximum Gasteiger partial charge on any atom is 0.125 e. The van der Waals surface area contributed by atoms with Crippen LogP contribution >= 0.6 is 11.6 Å². The fourth-order valence-corrected chi connectivity index (χ4v) is 3.55. The fraction of sp³-hybridized carbons (Fsp3) is 0.667. The van der Waals surface area contributed by atoms with Gasteiger partial charge in [-0.2, -0.15) is 0 Å². The summed E-state index contributed by atoms with van der Waals surface area (Å²) in [4.78, 5) is 2.60. The largest absolute Gasteiger partial charge is 0.493 e. The molecule has 3 heteroatoms. The maximum atomic E-state index is 6.04. The van der Waals surface area contributed by atoms with Crippen molar-refractivity contribution in [1.29, 1.82) is 0 Å². The predicted octanol–water partition coefficient (Wildman–Crippen LogP) is 4.85. The quantitative estimate of drug-likeness (QED) is 0.697. The van der Waals surface area contributed by atoms with Crippen molar-refractivity contribution in [1.82, 2.24) is 4.90 Å². The third-order valence-corrected chi connectivity index (χ3v) is 4.50. The molecule has 0 N–H and O–H groups in total. The van der Waals surface area contributed by atoms with Crippen molar-refractivity contribution in [2.24, 2.45) is 5.92 Å². The molecule has 0 bridgehead atoms. The molecule has 1 aliphatic rings. The van der Waals surface area contributed by atoms with Gasteiger partial charge in [0.15, 0.2) is 0 Å². The second-order valence-electron chi connectivity index (χ2n) is 6.47. The standard InChI is InChI=1S/C18H28ClNO/c1-14-7-6-9-20(13-14)8-4-5-10-21-18-15(2)11-17(19)12-16(18)3/h11-12,14H,4-10,13H2,1-3H3. The minimum Gasteiger partial charge on any atom is -0.493 e. The minimum absolute atomic E-state index is 0.788. The van der Waals surface area contributed by atoms with Crippen molar-refractivity contribution in [3.05, 3.63) is 28.3 Å². The van der Waals surface area contributed by atoms with Crippen molar-refractivity contribution >= 4 is 11.6 Å². The molecule has 2 rings (SSSR count). The number of piperidine rings is 1. The highest BCUT2D eigenvalue weighted by atomic mass is 35.5. The van der Waals surface area contributed by atoms with Gasteiger partial charge >= 0.3 is 0 Å². The smallest absolute Gasteiger partial charge is 0.125 e. The zero-order chi connectivity index (χ0) is 15.2. The molecule has 0 amide bonds. The van der Waals surface area contributed by atoms with E-state index in [0.717, 1.165) is 40.8 Å². The van der Waals surface area contributed by atoms with Crippen LogP contribution in [0.25, 0.3) is 0 Å². The topological polar surface area (TPSA) is 12.5 Å². The zero-order valence-electron chi connectivity index (χ0n) is 13.6. The lowest BCUT2D eigenvalue weighted by atomic mass is 10.0. The molecular weight excluding hydrogens is 282 g/mol. The van der Waals surface area contributed by atoms with E-state index in [1.165, 1.54) is 38.9 Å². The van der Waals surface area contributed by atoms with Gasteiger partial charge in [0.05, 0.1) is 6.61 Å². The molecule has 1 aliphatic heterocycles. The number of ether oxygens (including phenoxy) is 1. The molecule has 2 nitrogen and oxygen atoms in total. The van der Waals surface area contributed by atoms with Crippen molar-refractivity contribution in [2.45, 2.75) is 46.5 Å². The molecule has 0 aliphatic carbocycles. The Morgan fingerprint density at radius 1 is 1.24 bits per heavy atom. The first-order chi connectivity index (χ1) is 10.1. The van der Waals surface area contributed by atoms with E-state index in [-0.39, 0.29) is 0 Å². The highest BCUT2D eigenvalue weighted by Gasteiger charge is 2.15. The lowest BCUT2D eigenvalue weighted by molar-refractivity contribution is 0.176. The summed E-state index contributed by atoms with van der Waals surface area (Å²) in [6.45, 7) is 11.0. The van der Waals surface area contributed by atoms with Gasteiger partial charge in [0.1, 0.15) is 5.75 Å². The van der Waals surface area contributed by atoms with E-state index in [2.05, 4.69) is 25.7 Å². The van der Waals surface area contributed by atoms with Gasteiger partial charge in [0.2, 0.25) is 0 Å². The Kier molecular flexibility index (Phi) is 6.38. The summed E-state index contributed by atoms with van der Waals surface area (Å²) in [5.41, 5.74) is 2.26. The summed E-state index contributed by atoms with van der Waals surface area (Å²) in [7, 11) is 0. The van der Waals surface area contributed by atoms with E-state index >= 15 is 0 Å². The first-order valence-electron chi connectivity index (χ1n) is 8.18. The number of halogens is 1. The summed E-state index contributed by atoms with van der Waals surface area (Å²) < 4.78 is 5.96. The summed E-state index contributed by atoms with van der Waals surface area (Å²) >= 11 is 6.04. The van der Waals surface area contributed by atoms with E-state index in [1.807, 2.05) is 12.1 Å². The van der Waals surface area contributed by atoms with Gasteiger partial charge < -0.3 is 9.64 Å². The Morgan fingerprint density at radius 2 is 1.95 bits per heavy atom. The molecule has 1 saturated heterocycles. The predicted molar refractivity (Wildman–Crippen MR) is 90.5 cm³/mol. The monoisotopic (exact) mass is 309 g/mol. The molecule has 1 aromatic carbocycles. The van der Waals surface area contributed by atoms with Gasteiger partial charge in [-0.25, -0.2) is 0 Å². The van der Waals surface area contributed by atoms with Crippen LogP contribution in [0.5, 0.6) is 5.75 Å². The third-order valence-electron chi connectivity index (χ3n) is 4.28. The number of rotatable bonds is 6. The van der Waals surface area contributed by atoms with Crippen molar-refractivity contribution in [2.75, 3.05) is 26.2 Å². The maximum absolute atomic E-state index is 6.04. The van der Waals surface area contributed by atoms with Gasteiger partial charge in [-0.1, -0.05) is 18.5 Å². The van der Waals surface area contributed by atoms with Crippen LogP contribution in [0.2, 0.25) is 5.02 Å². The molecule has 1 heterocycles. The van der Waals surface area contributed by atoms with E-state index in [4.69, 9.17) is 16.3 Å². The number of benzene rings is 1. The minimum atomic E-state index is 0.788. The fourth-order valence-electron chi connectivity index (χ4n) is 3.23. The number of aryl methyl sites for hydroxylation is 2. The molecule has 0 radical (unpaired) electrons. The Morgan fingerprint density at radius 3 is 2.62 bits per heavy atom. The van der Waals surface area contributed by atoms with E-state index in [9.17, 15) is 0 Å². The average molecular weight is 310 g/mol. The molecular formula is C18H28ClNO. The van der Waals surface area contributed by atoms with Crippen LogP contribution in [0.4, 0.5) is 0 Å².